The van der Waals surface area contributed by atoms with Crippen molar-refractivity contribution in [2.24, 2.45) is 0 Å². The van der Waals surface area contributed by atoms with Crippen LogP contribution in [0.3, 0.4) is 0 Å². The van der Waals surface area contributed by atoms with E-state index < -0.39 is 5.97 Å². The largest absolute Gasteiger partial charge is 0.478 e. The van der Waals surface area contributed by atoms with Crippen molar-refractivity contribution in [3.63, 3.8) is 0 Å². The molecule has 3 aromatic heterocycles. The Labute approximate surface area is 152 Å². The van der Waals surface area contributed by atoms with Gasteiger partial charge in [0.25, 0.3) is 0 Å². The molecule has 3 N–H and O–H groups in total. The van der Waals surface area contributed by atoms with Crippen molar-refractivity contribution in [2.45, 2.75) is 0 Å². The van der Waals surface area contributed by atoms with Crippen molar-refractivity contribution < 1.29 is 9.90 Å². The average Bonchev–Trinajstić information content (AvgIpc) is 3.30. The SMILES string of the molecule is O=C(O)C(=Cc1c[nH]c2nc(Nc3nccs3)ccc12)c1ccccc1. The first-order valence-corrected chi connectivity index (χ1v) is 8.74. The molecule has 4 rings (SSSR count). The highest BCUT2D eigenvalue weighted by atomic mass is 32.1. The Bertz CT molecular complexity index is 1090. The van der Waals surface area contributed by atoms with Gasteiger partial charge in [0.05, 0.1) is 5.57 Å². The molecule has 0 amide bonds. The zero-order chi connectivity index (χ0) is 17.9. The van der Waals surface area contributed by atoms with Crippen LogP contribution in [0.1, 0.15) is 11.1 Å². The van der Waals surface area contributed by atoms with Crippen LogP contribution in [0.5, 0.6) is 0 Å². The zero-order valence-electron chi connectivity index (χ0n) is 13.5. The monoisotopic (exact) mass is 362 g/mol. The maximum Gasteiger partial charge on any atom is 0.336 e. The highest BCUT2D eigenvalue weighted by Crippen LogP contribution is 2.26. The number of hydrogen-bond donors (Lipinski definition) is 3. The van der Waals surface area contributed by atoms with Gasteiger partial charge in [-0.2, -0.15) is 0 Å². The number of rotatable bonds is 5. The number of pyridine rings is 1. The molecule has 0 fully saturated rings. The number of hydrogen-bond acceptors (Lipinski definition) is 5. The molecule has 0 aliphatic heterocycles. The van der Waals surface area contributed by atoms with Crippen LogP contribution in [0.2, 0.25) is 0 Å². The lowest BCUT2D eigenvalue weighted by atomic mass is 10.0. The minimum atomic E-state index is -0.972. The van der Waals surface area contributed by atoms with E-state index in [1.54, 1.807) is 30.6 Å². The molecular weight excluding hydrogens is 348 g/mol. The average molecular weight is 362 g/mol. The first kappa shape index (κ1) is 16.0. The van der Waals surface area contributed by atoms with Crippen molar-refractivity contribution in [1.82, 2.24) is 15.0 Å². The molecule has 0 aliphatic carbocycles. The molecule has 0 atom stereocenters. The van der Waals surface area contributed by atoms with Crippen LogP contribution >= 0.6 is 11.3 Å². The van der Waals surface area contributed by atoms with E-state index in [0.29, 0.717) is 17.0 Å². The number of H-pyrrole nitrogens is 1. The predicted octanol–water partition coefficient (Wildman–Crippen LogP) is 4.39. The standard InChI is InChI=1S/C19H14N4O2S/c24-18(25)15(12-4-2-1-3-5-12)10-13-11-21-17-14(13)6-7-16(22-17)23-19-20-8-9-26-19/h1-11H,(H,24,25)(H2,20,21,22,23). The molecule has 3 heterocycles. The topological polar surface area (TPSA) is 90.9 Å². The van der Waals surface area contributed by atoms with E-state index >= 15 is 0 Å². The van der Waals surface area contributed by atoms with Gasteiger partial charge in [-0.3, -0.25) is 0 Å². The number of fused-ring (bicyclic) bond motifs is 1. The fourth-order valence-corrected chi connectivity index (χ4v) is 3.19. The quantitative estimate of drug-likeness (QED) is 0.458. The lowest BCUT2D eigenvalue weighted by Gasteiger charge is -2.03. The third-order valence-electron chi connectivity index (χ3n) is 3.85. The molecule has 26 heavy (non-hydrogen) atoms. The third kappa shape index (κ3) is 3.20. The van der Waals surface area contributed by atoms with Gasteiger partial charge in [0.1, 0.15) is 11.5 Å². The molecule has 0 saturated heterocycles. The van der Waals surface area contributed by atoms with Crippen LogP contribution in [-0.4, -0.2) is 26.0 Å². The highest BCUT2D eigenvalue weighted by molar-refractivity contribution is 7.13. The first-order chi connectivity index (χ1) is 12.7. The second-order valence-corrected chi connectivity index (χ2v) is 6.42. The van der Waals surface area contributed by atoms with Gasteiger partial charge in [-0.25, -0.2) is 14.8 Å². The van der Waals surface area contributed by atoms with Crippen molar-refractivity contribution in [3.05, 3.63) is 71.4 Å². The third-order valence-corrected chi connectivity index (χ3v) is 4.54. The van der Waals surface area contributed by atoms with Gasteiger partial charge >= 0.3 is 5.97 Å². The fourth-order valence-electron chi connectivity index (χ4n) is 2.65. The lowest BCUT2D eigenvalue weighted by Crippen LogP contribution is -1.99. The summed E-state index contributed by atoms with van der Waals surface area (Å²) in [5.41, 5.74) is 2.34. The Hall–Kier alpha value is -3.45. The van der Waals surface area contributed by atoms with Crippen LogP contribution < -0.4 is 5.32 Å². The van der Waals surface area contributed by atoms with Crippen molar-refractivity contribution in [3.8, 4) is 0 Å². The van der Waals surface area contributed by atoms with Gasteiger partial charge in [0.2, 0.25) is 0 Å². The number of thiazole rings is 1. The molecular formula is C19H14N4O2S. The molecule has 7 heteroatoms. The zero-order valence-corrected chi connectivity index (χ0v) is 14.3. The summed E-state index contributed by atoms with van der Waals surface area (Å²) in [4.78, 5) is 23.5. The molecule has 1 aromatic carbocycles. The number of aromatic nitrogens is 3. The van der Waals surface area contributed by atoms with Gasteiger partial charge in [0.15, 0.2) is 5.13 Å². The van der Waals surface area contributed by atoms with Gasteiger partial charge < -0.3 is 15.4 Å². The Balaban J connectivity index is 1.71. The molecule has 0 saturated carbocycles. The van der Waals surface area contributed by atoms with Crippen LogP contribution in [0, 0.1) is 0 Å². The molecule has 6 nitrogen and oxygen atoms in total. The number of carbonyl (C=O) groups is 1. The molecule has 0 bridgehead atoms. The molecule has 0 spiro atoms. The van der Waals surface area contributed by atoms with Crippen molar-refractivity contribution >= 4 is 50.9 Å². The summed E-state index contributed by atoms with van der Waals surface area (Å²) >= 11 is 1.49. The van der Waals surface area contributed by atoms with Gasteiger partial charge in [0, 0.05) is 28.7 Å². The van der Waals surface area contributed by atoms with Crippen LogP contribution in [-0.2, 0) is 4.79 Å². The normalized spacial score (nSPS) is 11.6. The summed E-state index contributed by atoms with van der Waals surface area (Å²) in [7, 11) is 0. The van der Waals surface area contributed by atoms with Crippen LogP contribution in [0.4, 0.5) is 10.9 Å². The van der Waals surface area contributed by atoms with Gasteiger partial charge in [-0.05, 0) is 23.8 Å². The number of nitrogens with zero attached hydrogens (tertiary/aromatic N) is 2. The second-order valence-electron chi connectivity index (χ2n) is 5.53. The first-order valence-electron chi connectivity index (χ1n) is 7.86. The highest BCUT2D eigenvalue weighted by Gasteiger charge is 2.12. The van der Waals surface area contributed by atoms with E-state index in [0.717, 1.165) is 16.1 Å². The second kappa shape index (κ2) is 6.81. The molecule has 0 radical (unpaired) electrons. The Morgan fingerprint density at radius 1 is 1.19 bits per heavy atom. The molecule has 128 valence electrons. The van der Waals surface area contributed by atoms with Crippen LogP contribution in [0.15, 0.2) is 60.2 Å². The molecule has 4 aromatic rings. The van der Waals surface area contributed by atoms with E-state index in [9.17, 15) is 9.90 Å². The minimum absolute atomic E-state index is 0.233. The maximum absolute atomic E-state index is 11.7. The summed E-state index contributed by atoms with van der Waals surface area (Å²) in [5.74, 6) is -0.299. The summed E-state index contributed by atoms with van der Waals surface area (Å²) in [6.07, 6.45) is 5.14. The number of benzene rings is 1. The number of nitrogens with one attached hydrogen (secondary N) is 2. The number of anilines is 2. The Kier molecular flexibility index (Phi) is 4.20. The maximum atomic E-state index is 11.7. The number of carboxylic acids is 1. The number of aromatic amines is 1. The van der Waals surface area contributed by atoms with Crippen molar-refractivity contribution in [1.29, 1.82) is 0 Å². The van der Waals surface area contributed by atoms with E-state index in [1.807, 2.05) is 35.7 Å². The minimum Gasteiger partial charge on any atom is -0.478 e. The summed E-state index contributed by atoms with van der Waals surface area (Å²) in [5, 5.41) is 16.2. The number of aliphatic carboxylic acids is 1. The predicted molar refractivity (Wildman–Crippen MR) is 103 cm³/mol. The van der Waals surface area contributed by atoms with E-state index in [4.69, 9.17) is 0 Å². The van der Waals surface area contributed by atoms with E-state index in [2.05, 4.69) is 20.3 Å². The summed E-state index contributed by atoms with van der Waals surface area (Å²) in [6, 6.07) is 12.8. The van der Waals surface area contributed by atoms with E-state index in [-0.39, 0.29) is 5.57 Å². The summed E-state index contributed by atoms with van der Waals surface area (Å²) < 4.78 is 0. The fraction of sp³-hybridized carbons (Fsp3) is 0. The Morgan fingerprint density at radius 3 is 2.77 bits per heavy atom. The van der Waals surface area contributed by atoms with E-state index in [1.165, 1.54) is 11.3 Å². The summed E-state index contributed by atoms with van der Waals surface area (Å²) in [6.45, 7) is 0. The van der Waals surface area contributed by atoms with Gasteiger partial charge in [-0.15, -0.1) is 11.3 Å². The number of carboxylic acid groups (broad SMARTS) is 1. The van der Waals surface area contributed by atoms with Crippen molar-refractivity contribution in [2.75, 3.05) is 5.32 Å². The lowest BCUT2D eigenvalue weighted by molar-refractivity contribution is -0.130. The molecule has 0 unspecified atom stereocenters. The Morgan fingerprint density at radius 2 is 2.04 bits per heavy atom. The van der Waals surface area contributed by atoms with Crippen LogP contribution in [0.25, 0.3) is 22.7 Å². The van der Waals surface area contributed by atoms with Gasteiger partial charge in [-0.1, -0.05) is 30.3 Å². The smallest absolute Gasteiger partial charge is 0.336 e. The molecule has 0 aliphatic rings.